The number of anilines is 1. The standard InChI is InChI=1S/C28H38N4O5/c1-18(2)16-23(31-27(36)37-28(4,5)6)25(34)30-19(3)26(35)32(17-20-10-8-7-9-11-20)22-14-12-21(13-15-22)24(29)33/h7-15,18-19,23H,16-17H2,1-6H3,(H2,29,33)(H,30,34)(H,31,36)/t19-,23?/m0/s1. The summed E-state index contributed by atoms with van der Waals surface area (Å²) in [6, 6.07) is 14.0. The third-order valence-corrected chi connectivity index (χ3v) is 5.36. The molecule has 0 radical (unpaired) electrons. The maximum atomic E-state index is 13.6. The monoisotopic (exact) mass is 510 g/mol. The van der Waals surface area contributed by atoms with Crippen LogP contribution in [-0.4, -0.2) is 41.5 Å². The van der Waals surface area contributed by atoms with Crippen molar-refractivity contribution in [1.29, 1.82) is 0 Å². The molecule has 0 heterocycles. The number of hydrogen-bond acceptors (Lipinski definition) is 5. The van der Waals surface area contributed by atoms with E-state index in [1.54, 1.807) is 52.0 Å². The molecule has 2 aromatic carbocycles. The Kier molecular flexibility index (Phi) is 10.2. The molecule has 4 N–H and O–H groups in total. The molecule has 0 saturated carbocycles. The number of nitrogens with zero attached hydrogens (tertiary/aromatic N) is 1. The van der Waals surface area contributed by atoms with Crippen molar-refractivity contribution >= 4 is 29.5 Å². The first-order valence-corrected chi connectivity index (χ1v) is 12.3. The molecular formula is C28H38N4O5. The summed E-state index contributed by atoms with van der Waals surface area (Å²) in [5.41, 5.74) is 6.39. The van der Waals surface area contributed by atoms with Crippen LogP contribution >= 0.6 is 0 Å². The van der Waals surface area contributed by atoms with Gasteiger partial charge in [-0.2, -0.15) is 0 Å². The van der Waals surface area contributed by atoms with Gasteiger partial charge in [0.2, 0.25) is 17.7 Å². The zero-order valence-corrected chi connectivity index (χ0v) is 22.4. The summed E-state index contributed by atoms with van der Waals surface area (Å²) in [6.45, 7) is 10.9. The Morgan fingerprint density at radius 1 is 0.919 bits per heavy atom. The number of alkyl carbamates (subject to hydrolysis) is 1. The van der Waals surface area contributed by atoms with Crippen molar-refractivity contribution in [2.45, 2.75) is 72.2 Å². The fourth-order valence-electron chi connectivity index (χ4n) is 3.63. The molecule has 2 atom stereocenters. The van der Waals surface area contributed by atoms with Gasteiger partial charge >= 0.3 is 6.09 Å². The molecule has 9 heteroatoms. The van der Waals surface area contributed by atoms with E-state index in [0.29, 0.717) is 17.7 Å². The zero-order valence-electron chi connectivity index (χ0n) is 22.4. The summed E-state index contributed by atoms with van der Waals surface area (Å²) in [5.74, 6) is -1.30. The number of primary amides is 1. The molecule has 0 aromatic heterocycles. The summed E-state index contributed by atoms with van der Waals surface area (Å²) in [7, 11) is 0. The quantitative estimate of drug-likeness (QED) is 0.448. The maximum Gasteiger partial charge on any atom is 0.408 e. The summed E-state index contributed by atoms with van der Waals surface area (Å²) in [4.78, 5) is 52.0. The molecule has 0 aliphatic rings. The molecule has 1 unspecified atom stereocenters. The smallest absolute Gasteiger partial charge is 0.408 e. The molecule has 2 aromatic rings. The Balaban J connectivity index is 2.23. The van der Waals surface area contributed by atoms with Gasteiger partial charge in [-0.1, -0.05) is 44.2 Å². The predicted molar refractivity (Wildman–Crippen MR) is 143 cm³/mol. The Morgan fingerprint density at radius 2 is 1.51 bits per heavy atom. The highest BCUT2D eigenvalue weighted by atomic mass is 16.6. The van der Waals surface area contributed by atoms with Crippen LogP contribution in [0.2, 0.25) is 0 Å². The molecule has 0 fully saturated rings. The fourth-order valence-corrected chi connectivity index (χ4v) is 3.63. The molecule has 0 aliphatic carbocycles. The van der Waals surface area contributed by atoms with E-state index in [1.165, 1.54) is 4.90 Å². The third kappa shape index (κ3) is 9.59. The largest absolute Gasteiger partial charge is 0.444 e. The van der Waals surface area contributed by atoms with Crippen molar-refractivity contribution in [2.75, 3.05) is 4.90 Å². The summed E-state index contributed by atoms with van der Waals surface area (Å²) in [5, 5.41) is 5.37. The van der Waals surface area contributed by atoms with E-state index < -0.39 is 35.6 Å². The van der Waals surface area contributed by atoms with Crippen molar-refractivity contribution < 1.29 is 23.9 Å². The number of ether oxygens (including phenoxy) is 1. The lowest BCUT2D eigenvalue weighted by molar-refractivity contribution is -0.128. The number of carbonyl (C=O) groups is 4. The van der Waals surface area contributed by atoms with E-state index >= 15 is 0 Å². The first-order chi connectivity index (χ1) is 17.3. The molecule has 0 aliphatic heterocycles. The Labute approximate surface area is 218 Å². The highest BCUT2D eigenvalue weighted by Gasteiger charge is 2.29. The van der Waals surface area contributed by atoms with Gasteiger partial charge in [0.25, 0.3) is 0 Å². The number of hydrogen-bond donors (Lipinski definition) is 3. The average molecular weight is 511 g/mol. The first-order valence-electron chi connectivity index (χ1n) is 12.3. The van der Waals surface area contributed by atoms with Crippen LogP contribution in [0.4, 0.5) is 10.5 Å². The number of rotatable bonds is 10. The number of nitrogens with two attached hydrogens (primary N) is 1. The highest BCUT2D eigenvalue weighted by molar-refractivity contribution is 6.00. The molecule has 9 nitrogen and oxygen atoms in total. The van der Waals surface area contributed by atoms with Gasteiger partial charge in [-0.05, 0) is 69.9 Å². The normalized spacial score (nSPS) is 12.8. The van der Waals surface area contributed by atoms with Gasteiger partial charge in [-0.15, -0.1) is 0 Å². The Hall–Kier alpha value is -3.88. The van der Waals surface area contributed by atoms with Crippen LogP contribution in [0.25, 0.3) is 0 Å². The summed E-state index contributed by atoms with van der Waals surface area (Å²) < 4.78 is 5.30. The second-order valence-corrected chi connectivity index (χ2v) is 10.4. The van der Waals surface area contributed by atoms with Crippen molar-refractivity contribution in [3.63, 3.8) is 0 Å². The van der Waals surface area contributed by atoms with E-state index in [9.17, 15) is 19.2 Å². The molecule has 0 saturated heterocycles. The minimum atomic E-state index is -0.901. The molecule has 2 rings (SSSR count). The fraction of sp³-hybridized carbons (Fsp3) is 0.429. The summed E-state index contributed by atoms with van der Waals surface area (Å²) >= 11 is 0. The minimum absolute atomic E-state index is 0.107. The lowest BCUT2D eigenvalue weighted by atomic mass is 10.0. The number of carbonyl (C=O) groups excluding carboxylic acids is 4. The van der Waals surface area contributed by atoms with E-state index in [4.69, 9.17) is 10.5 Å². The van der Waals surface area contributed by atoms with Gasteiger partial charge in [0.1, 0.15) is 17.7 Å². The van der Waals surface area contributed by atoms with Crippen molar-refractivity contribution in [2.24, 2.45) is 11.7 Å². The van der Waals surface area contributed by atoms with Crippen LogP contribution in [-0.2, 0) is 20.9 Å². The molecular weight excluding hydrogens is 472 g/mol. The van der Waals surface area contributed by atoms with Gasteiger partial charge in [0.05, 0.1) is 6.54 Å². The second kappa shape index (κ2) is 12.9. The van der Waals surface area contributed by atoms with Crippen molar-refractivity contribution in [3.8, 4) is 0 Å². The van der Waals surface area contributed by atoms with Crippen LogP contribution < -0.4 is 21.3 Å². The van der Waals surface area contributed by atoms with Gasteiger partial charge < -0.3 is 26.0 Å². The van der Waals surface area contributed by atoms with Crippen LogP contribution in [0, 0.1) is 5.92 Å². The molecule has 4 amide bonds. The average Bonchev–Trinajstić information content (AvgIpc) is 2.81. The first kappa shape index (κ1) is 29.4. The number of amides is 4. The van der Waals surface area contributed by atoms with Crippen LogP contribution in [0.1, 0.15) is 63.9 Å². The van der Waals surface area contributed by atoms with Gasteiger partial charge in [-0.3, -0.25) is 14.4 Å². The topological polar surface area (TPSA) is 131 Å². The number of nitrogens with one attached hydrogen (secondary N) is 2. The predicted octanol–water partition coefficient (Wildman–Crippen LogP) is 3.76. The van der Waals surface area contributed by atoms with E-state index in [2.05, 4.69) is 10.6 Å². The summed E-state index contributed by atoms with van der Waals surface area (Å²) in [6.07, 6.45) is -0.332. The zero-order chi connectivity index (χ0) is 27.8. The molecule has 37 heavy (non-hydrogen) atoms. The second-order valence-electron chi connectivity index (χ2n) is 10.4. The highest BCUT2D eigenvalue weighted by Crippen LogP contribution is 2.20. The van der Waals surface area contributed by atoms with Crippen LogP contribution in [0.5, 0.6) is 0 Å². The van der Waals surface area contributed by atoms with E-state index in [0.717, 1.165) is 5.56 Å². The van der Waals surface area contributed by atoms with Gasteiger partial charge in [0, 0.05) is 11.3 Å². The Morgan fingerprint density at radius 3 is 2.03 bits per heavy atom. The maximum absolute atomic E-state index is 13.6. The molecule has 200 valence electrons. The van der Waals surface area contributed by atoms with Crippen LogP contribution in [0.3, 0.4) is 0 Å². The van der Waals surface area contributed by atoms with E-state index in [-0.39, 0.29) is 18.4 Å². The van der Waals surface area contributed by atoms with E-state index in [1.807, 2.05) is 44.2 Å². The Bertz CT molecular complexity index is 1080. The van der Waals surface area contributed by atoms with Crippen molar-refractivity contribution in [1.82, 2.24) is 10.6 Å². The number of benzene rings is 2. The van der Waals surface area contributed by atoms with Gasteiger partial charge in [0.15, 0.2) is 0 Å². The molecule has 0 bridgehead atoms. The third-order valence-electron chi connectivity index (χ3n) is 5.36. The van der Waals surface area contributed by atoms with Crippen LogP contribution in [0.15, 0.2) is 54.6 Å². The van der Waals surface area contributed by atoms with Crippen molar-refractivity contribution in [3.05, 3.63) is 65.7 Å². The SMILES string of the molecule is CC(C)CC(NC(=O)OC(C)(C)C)C(=O)N[C@@H](C)C(=O)N(Cc1ccccc1)c1ccc(C(N)=O)cc1. The lowest BCUT2D eigenvalue weighted by Crippen LogP contribution is -2.54. The minimum Gasteiger partial charge on any atom is -0.444 e. The lowest BCUT2D eigenvalue weighted by Gasteiger charge is -2.28. The van der Waals surface area contributed by atoms with Gasteiger partial charge in [-0.25, -0.2) is 4.79 Å². The molecule has 0 spiro atoms.